The molecule has 364 valence electrons. The lowest BCUT2D eigenvalue weighted by Crippen LogP contribution is -2.09. The maximum Gasteiger partial charge on any atom is 0.205 e. The van der Waals surface area contributed by atoms with Crippen LogP contribution >= 0.6 is 0 Å². The van der Waals surface area contributed by atoms with E-state index in [9.17, 15) is 91.9 Å². The molecule has 70 heavy (non-hydrogen) atoms. The Hall–Kier alpha value is -9.60. The summed E-state index contributed by atoms with van der Waals surface area (Å²) in [6.45, 7) is 12.6. The van der Waals surface area contributed by atoms with Gasteiger partial charge in [0.05, 0.1) is 10.8 Å². The lowest BCUT2D eigenvalue weighted by atomic mass is 9.90. The molecular formula is C48H42N2O20. The van der Waals surface area contributed by atoms with Gasteiger partial charge in [0.1, 0.15) is 68.0 Å². The molecule has 2 heterocycles. The number of aromatic hydroxyl groups is 16. The minimum Gasteiger partial charge on any atom is -0.510 e. The first-order chi connectivity index (χ1) is 32.6. The fourth-order valence-corrected chi connectivity index (χ4v) is 9.57. The Labute approximate surface area is 389 Å². The number of rotatable bonds is 4. The topological polar surface area (TPSA) is 400 Å². The molecule has 0 amide bonds. The first-order valence-corrected chi connectivity index (χ1v) is 20.7. The highest BCUT2D eigenvalue weighted by Crippen LogP contribution is 2.62. The second-order valence-electron chi connectivity index (χ2n) is 17.2. The summed E-state index contributed by atoms with van der Waals surface area (Å²) in [6, 6.07) is 0. The molecule has 7 aromatic carbocycles. The van der Waals surface area contributed by atoms with Gasteiger partial charge in [-0.25, -0.2) is 0 Å². The Morgan fingerprint density at radius 2 is 0.771 bits per heavy atom. The molecule has 22 heteroatoms. The van der Waals surface area contributed by atoms with Crippen LogP contribution in [0.1, 0.15) is 54.5 Å². The molecule has 0 radical (unpaired) electrons. The average molecular weight is 967 g/mol. The zero-order valence-corrected chi connectivity index (χ0v) is 37.5. The molecule has 0 saturated heterocycles. The second-order valence-corrected chi connectivity index (χ2v) is 17.2. The smallest absolute Gasteiger partial charge is 0.205 e. The molecule has 0 spiro atoms. The Morgan fingerprint density at radius 1 is 0.400 bits per heavy atom. The summed E-state index contributed by atoms with van der Waals surface area (Å²) in [5.41, 5.74) is -8.56. The molecule has 18 N–H and O–H groups in total. The molecule has 0 aliphatic rings. The van der Waals surface area contributed by atoms with E-state index in [4.69, 9.17) is 8.83 Å². The lowest BCUT2D eigenvalue weighted by Gasteiger charge is -2.26. The van der Waals surface area contributed by atoms with E-state index >= 15 is 0 Å². The number of aromatic nitrogens is 2. The molecule has 0 bridgehead atoms. The summed E-state index contributed by atoms with van der Waals surface area (Å²) in [6.07, 6.45) is 0. The first kappa shape index (κ1) is 45.6. The molecule has 9 aromatic rings. The van der Waals surface area contributed by atoms with Crippen LogP contribution < -0.4 is 0 Å². The predicted molar refractivity (Wildman–Crippen MR) is 251 cm³/mol. The van der Waals surface area contributed by atoms with E-state index in [2.05, 4.69) is 6.58 Å². The minimum atomic E-state index is -1.46. The van der Waals surface area contributed by atoms with Crippen molar-refractivity contribution in [2.45, 2.75) is 54.4 Å². The van der Waals surface area contributed by atoms with Crippen LogP contribution in [0, 0.1) is 27.7 Å². The van der Waals surface area contributed by atoms with Crippen molar-refractivity contribution in [1.29, 1.82) is 0 Å². The van der Waals surface area contributed by atoms with Crippen molar-refractivity contribution in [3.63, 3.8) is 0 Å². The fraction of sp³-hybridized carbons (Fsp3) is 0.167. The third kappa shape index (κ3) is 5.31. The number of fused-ring (bicyclic) bond motifs is 13. The van der Waals surface area contributed by atoms with E-state index in [1.54, 1.807) is 0 Å². The fourth-order valence-electron chi connectivity index (χ4n) is 9.57. The number of nitrogens with zero attached hydrogens (tertiary/aromatic N) is 2. The summed E-state index contributed by atoms with van der Waals surface area (Å²) >= 11 is 0. The number of allylic oxidation sites excluding steroid dienone is 2. The van der Waals surface area contributed by atoms with Gasteiger partial charge in [0.15, 0.2) is 68.3 Å². The maximum absolute atomic E-state index is 12.2. The molecule has 0 aliphatic heterocycles. The molecule has 0 saturated carbocycles. The van der Waals surface area contributed by atoms with Gasteiger partial charge in [0, 0.05) is 49.4 Å². The van der Waals surface area contributed by atoms with Gasteiger partial charge in [-0.3, -0.25) is 9.13 Å². The number of aliphatic hydroxyl groups is 2. The number of phenols is 16. The Kier molecular flexibility index (Phi) is 9.40. The molecule has 22 nitrogen and oxygen atoms in total. The van der Waals surface area contributed by atoms with E-state index in [1.165, 1.54) is 41.5 Å². The molecular weight excluding hydrogens is 925 g/mol. The zero-order valence-electron chi connectivity index (χ0n) is 37.5. The van der Waals surface area contributed by atoms with Gasteiger partial charge in [-0.05, 0) is 40.5 Å². The zero-order chi connectivity index (χ0) is 51.7. The Balaban J connectivity index is 1.86. The monoisotopic (exact) mass is 966 g/mol. The highest BCUT2D eigenvalue weighted by Gasteiger charge is 2.38. The third-order valence-electron chi connectivity index (χ3n) is 12.9. The number of hydrogen-bond donors (Lipinski definition) is 18. The number of aryl methyl sites for hydroxylation is 2. The van der Waals surface area contributed by atoms with Crippen LogP contribution in [0.3, 0.4) is 0 Å². The first-order valence-electron chi connectivity index (χ1n) is 20.7. The van der Waals surface area contributed by atoms with Crippen LogP contribution in [0.15, 0.2) is 26.9 Å². The molecule has 9 rings (SSSR count). The number of benzene rings is 7. The molecule has 0 aliphatic carbocycles. The van der Waals surface area contributed by atoms with Gasteiger partial charge in [-0.2, -0.15) is 0 Å². The van der Waals surface area contributed by atoms with E-state index in [1.807, 2.05) is 0 Å². The third-order valence-corrected chi connectivity index (χ3v) is 12.9. The van der Waals surface area contributed by atoms with Crippen LogP contribution in [-0.4, -0.2) is 101 Å². The van der Waals surface area contributed by atoms with Crippen LogP contribution in [0.25, 0.3) is 88.1 Å². The van der Waals surface area contributed by atoms with E-state index in [-0.39, 0.29) is 22.3 Å². The quantitative estimate of drug-likeness (QED) is 0.0195. The van der Waals surface area contributed by atoms with E-state index < -0.39 is 203 Å². The van der Waals surface area contributed by atoms with Gasteiger partial charge >= 0.3 is 0 Å². The molecule has 2 aromatic heterocycles. The Morgan fingerprint density at radius 3 is 1.17 bits per heavy atom. The van der Waals surface area contributed by atoms with Crippen molar-refractivity contribution < 1.29 is 101 Å². The summed E-state index contributed by atoms with van der Waals surface area (Å²) in [4.78, 5) is 0. The summed E-state index contributed by atoms with van der Waals surface area (Å²) < 4.78 is 14.5. The standard InChI is InChI=1S/C48H42N2O20/c1-9(2)16-33(57)39(63)26(40(64)34(16)58)50-25-22-18(36(60)42(66)44(68)38(22)62)19-20(48(25)70-46-13(6)30(54)11(4)32(56)28(46)50)17-21(37(61)43(67)41(65)35(17)59)24-47(19)69-45-12(5)29(53)10(3)31(55)27(45)49(24)23(14(7)51)15(8)52/h9,51-68H,7H2,1-6,8H3/b23-15-. The van der Waals surface area contributed by atoms with Crippen molar-refractivity contribution in [3.05, 3.63) is 45.9 Å². The average Bonchev–Trinajstić information content (AvgIpc) is 3.31. The van der Waals surface area contributed by atoms with Crippen LogP contribution in [0.4, 0.5) is 0 Å². The molecule has 0 atom stereocenters. The van der Waals surface area contributed by atoms with Crippen molar-refractivity contribution in [2.24, 2.45) is 0 Å². The van der Waals surface area contributed by atoms with Crippen LogP contribution in [0.2, 0.25) is 0 Å². The van der Waals surface area contributed by atoms with Gasteiger partial charge in [-0.1, -0.05) is 20.4 Å². The van der Waals surface area contributed by atoms with Crippen LogP contribution in [-0.2, 0) is 0 Å². The Bertz CT molecular complexity index is 4050. The summed E-state index contributed by atoms with van der Waals surface area (Å²) in [7, 11) is 0. The SMILES string of the molecule is C=C(O)/C(=C(\C)O)n1c2c(O)c(C)c(O)c(C)c2oc2c3c4c(O)c(O)c(O)c(O)c4c4c(oc5c(C)c(O)c(C)c(O)c5n4-c4c(O)c(O)c(C(C)C)c(O)c4O)c3c3c(O)c(O)c(O)c(O)c3c21. The van der Waals surface area contributed by atoms with Gasteiger partial charge in [0.2, 0.25) is 23.0 Å². The number of aliphatic hydroxyl groups excluding tert-OH is 2. The van der Waals surface area contributed by atoms with Gasteiger partial charge < -0.3 is 101 Å². The predicted octanol–water partition coefficient (Wildman–Crippen LogP) is 9.13. The second kappa shape index (κ2) is 14.5. The van der Waals surface area contributed by atoms with Crippen molar-refractivity contribution in [3.8, 4) is 97.7 Å². The molecule has 0 unspecified atom stereocenters. The normalized spacial score (nSPS) is 12.5. The van der Waals surface area contributed by atoms with Crippen molar-refractivity contribution in [2.75, 3.05) is 0 Å². The largest absolute Gasteiger partial charge is 0.510 e. The van der Waals surface area contributed by atoms with E-state index in [0.29, 0.717) is 4.57 Å². The van der Waals surface area contributed by atoms with Crippen LogP contribution in [0.5, 0.6) is 92.0 Å². The minimum absolute atomic E-state index is 0.174. The highest BCUT2D eigenvalue weighted by molar-refractivity contribution is 6.41. The van der Waals surface area contributed by atoms with Gasteiger partial charge in [-0.15, -0.1) is 0 Å². The van der Waals surface area contributed by atoms with E-state index in [0.717, 1.165) is 11.5 Å². The van der Waals surface area contributed by atoms with Crippen molar-refractivity contribution in [1.82, 2.24) is 9.13 Å². The highest BCUT2D eigenvalue weighted by atomic mass is 16.4. The summed E-state index contributed by atoms with van der Waals surface area (Å²) in [5.74, 6) is -21.2. The molecule has 0 fully saturated rings. The number of phenolic OH excluding ortho intramolecular Hbond substituents is 16. The number of hydrogen-bond acceptors (Lipinski definition) is 20. The summed E-state index contributed by atoms with van der Waals surface area (Å²) in [5, 5.41) is 205. The maximum atomic E-state index is 12.2. The van der Waals surface area contributed by atoms with Gasteiger partial charge in [0.25, 0.3) is 0 Å². The van der Waals surface area contributed by atoms with Crippen molar-refractivity contribution >= 4 is 82.4 Å². The lowest BCUT2D eigenvalue weighted by molar-refractivity contribution is 0.351.